The van der Waals surface area contributed by atoms with Crippen molar-refractivity contribution in [3.8, 4) is 0 Å². The lowest BCUT2D eigenvalue weighted by Gasteiger charge is -2.61. The van der Waals surface area contributed by atoms with Gasteiger partial charge in [-0.1, -0.05) is 45.5 Å². The highest BCUT2D eigenvalue weighted by Crippen LogP contribution is 2.63. The quantitative estimate of drug-likeness (QED) is 0.108. The fraction of sp³-hybridized carbons (Fsp3) is 0.914. The summed E-state index contributed by atoms with van der Waals surface area (Å²) < 4.78 is 27.3. The zero-order chi connectivity index (χ0) is 31.4. The summed E-state index contributed by atoms with van der Waals surface area (Å²) in [4.78, 5) is 30.7. The molecule has 0 aromatic heterocycles. The third-order valence-electron chi connectivity index (χ3n) is 13.6. The van der Waals surface area contributed by atoms with Crippen LogP contribution in [0.3, 0.4) is 0 Å². The van der Waals surface area contributed by atoms with Gasteiger partial charge >= 0.3 is 0 Å². The van der Waals surface area contributed by atoms with E-state index in [9.17, 15) is 0 Å². The van der Waals surface area contributed by atoms with Crippen molar-refractivity contribution in [2.24, 2.45) is 52.5 Å². The fourth-order valence-corrected chi connectivity index (χ4v) is 11.1. The van der Waals surface area contributed by atoms with E-state index in [2.05, 4.69) is 34.3 Å². The predicted molar refractivity (Wildman–Crippen MR) is 162 cm³/mol. The molecule has 252 valence electrons. The van der Waals surface area contributed by atoms with Gasteiger partial charge in [0.15, 0.2) is 23.8 Å². The van der Waals surface area contributed by atoms with Crippen LogP contribution in [0.15, 0.2) is 17.8 Å². The van der Waals surface area contributed by atoms with Crippen LogP contribution >= 0.6 is 0 Å². The fourth-order valence-electron chi connectivity index (χ4n) is 11.1. The van der Waals surface area contributed by atoms with Gasteiger partial charge in [0, 0.05) is 31.1 Å². The number of hydrogen-bond acceptors (Lipinski definition) is 10. The molecule has 6 unspecified atom stereocenters. The maximum absolute atomic E-state index is 7.02. The Bertz CT molecular complexity index is 1200. The lowest BCUT2D eigenvalue weighted by Crippen LogP contribution is -2.71. The summed E-state index contributed by atoms with van der Waals surface area (Å²) in [5, 5.41) is 4.77. The maximum Gasteiger partial charge on any atom is 0.201 e. The van der Waals surface area contributed by atoms with Gasteiger partial charge in [0.1, 0.15) is 12.7 Å². The zero-order valence-corrected chi connectivity index (χ0v) is 27.9. The van der Waals surface area contributed by atoms with Crippen LogP contribution in [-0.4, -0.2) is 59.9 Å². The van der Waals surface area contributed by atoms with E-state index in [1.54, 1.807) is 6.08 Å². The highest BCUT2D eigenvalue weighted by molar-refractivity contribution is 5.89. The second-order valence-corrected chi connectivity index (χ2v) is 16.1. The van der Waals surface area contributed by atoms with Crippen LogP contribution in [0.4, 0.5) is 0 Å². The molecule has 10 aliphatic rings. The normalized spacial score (nSPS) is 56.9. The average Bonchev–Trinajstić information content (AvgIpc) is 3.38. The molecule has 10 nitrogen and oxygen atoms in total. The number of nitrogens with zero attached hydrogens (tertiary/aromatic N) is 1. The van der Waals surface area contributed by atoms with Crippen molar-refractivity contribution in [2.45, 2.75) is 147 Å². The van der Waals surface area contributed by atoms with E-state index in [4.69, 9.17) is 48.5 Å². The van der Waals surface area contributed by atoms with E-state index in [-0.39, 0.29) is 35.9 Å². The van der Waals surface area contributed by atoms with E-state index in [0.717, 1.165) is 57.1 Å². The van der Waals surface area contributed by atoms with Crippen molar-refractivity contribution in [1.29, 1.82) is 0 Å². The van der Waals surface area contributed by atoms with Gasteiger partial charge in [-0.3, -0.25) is 0 Å². The molecule has 2 saturated carbocycles. The van der Waals surface area contributed by atoms with Crippen molar-refractivity contribution in [3.05, 3.63) is 12.7 Å². The molecule has 8 saturated heterocycles. The summed E-state index contributed by atoms with van der Waals surface area (Å²) in [6.45, 7) is 17.3. The standard InChI is InChI=1S/C35H53NO9/c1-8-17-37-36-27(29-22(5)26-12-10-20(3)24-14-16-33(7)41-31(39-29)35(24,26)45-43-33)18-28-21(4)25-11-9-19(2)23-13-15-32(6)40-30(38-28)34(23,25)44-42-32/h8,19-26,28-31H,1,9-18H2,2-7H3/b36-27-/t19-,20-,21-,22-,23?,24?,25?,26?,28-,29+,30-,31-,32?,33?,34-,35-/m1/s1. The minimum atomic E-state index is -0.836. The largest absolute Gasteiger partial charge is 0.392 e. The van der Waals surface area contributed by atoms with Crippen molar-refractivity contribution in [1.82, 2.24) is 0 Å². The number of ether oxygens (including phenoxy) is 4. The van der Waals surface area contributed by atoms with Gasteiger partial charge < -0.3 is 23.8 Å². The third kappa shape index (κ3) is 4.52. The number of rotatable bonds is 6. The van der Waals surface area contributed by atoms with E-state index in [1.165, 1.54) is 0 Å². The van der Waals surface area contributed by atoms with Crippen molar-refractivity contribution in [2.75, 3.05) is 6.61 Å². The lowest BCUT2D eigenvalue weighted by atomic mass is 9.56. The van der Waals surface area contributed by atoms with Gasteiger partial charge in [-0.2, -0.15) is 0 Å². The van der Waals surface area contributed by atoms with E-state index in [1.807, 2.05) is 13.8 Å². The van der Waals surface area contributed by atoms with E-state index >= 15 is 0 Å². The second-order valence-electron chi connectivity index (χ2n) is 16.1. The monoisotopic (exact) mass is 631 g/mol. The maximum atomic E-state index is 7.02. The SMILES string of the molecule is C=CCO/N=C(/C[C@H]1O[C@@H]2OC3(C)CCC4[C@H](C)CCC([C@H]1C)[C@]42OO3)[C@H]1O[C@@H]2OC3(C)CCC4[C@H](C)CCC([C@H]1C)[C@]42OO3. The van der Waals surface area contributed by atoms with Gasteiger partial charge in [0.2, 0.25) is 11.6 Å². The molecular weight excluding hydrogens is 578 g/mol. The molecule has 8 aliphatic heterocycles. The van der Waals surface area contributed by atoms with Gasteiger partial charge in [-0.05, 0) is 87.9 Å². The second kappa shape index (κ2) is 11.0. The van der Waals surface area contributed by atoms with Crippen LogP contribution < -0.4 is 0 Å². The van der Waals surface area contributed by atoms with E-state index in [0.29, 0.717) is 36.7 Å². The molecule has 10 heteroatoms. The highest BCUT2D eigenvalue weighted by Gasteiger charge is 2.71. The molecule has 45 heavy (non-hydrogen) atoms. The minimum Gasteiger partial charge on any atom is -0.392 e. The van der Waals surface area contributed by atoms with Crippen LogP contribution in [0.1, 0.15) is 99.3 Å². The first-order valence-electron chi connectivity index (χ1n) is 17.7. The van der Waals surface area contributed by atoms with Crippen LogP contribution in [0.5, 0.6) is 0 Å². The Labute approximate surface area is 267 Å². The number of hydrogen-bond donors (Lipinski definition) is 0. The summed E-state index contributed by atoms with van der Waals surface area (Å²) in [5.74, 6) is 0.701. The van der Waals surface area contributed by atoms with Crippen LogP contribution in [0, 0.1) is 47.3 Å². The Balaban J connectivity index is 1.11. The Morgan fingerprint density at radius 1 is 0.733 bits per heavy atom. The summed E-state index contributed by atoms with van der Waals surface area (Å²) in [5.41, 5.74) is -0.402. The molecular formula is C35H53NO9. The van der Waals surface area contributed by atoms with E-state index < -0.39 is 35.4 Å². The molecule has 10 fully saturated rings. The molecule has 2 aliphatic carbocycles. The Morgan fingerprint density at radius 3 is 1.87 bits per heavy atom. The van der Waals surface area contributed by atoms with Crippen LogP contribution in [-0.2, 0) is 43.3 Å². The van der Waals surface area contributed by atoms with Crippen molar-refractivity contribution < 1.29 is 43.3 Å². The molecule has 2 spiro atoms. The number of fused-ring (bicyclic) bond motifs is 4. The average molecular weight is 632 g/mol. The Morgan fingerprint density at radius 2 is 1.29 bits per heavy atom. The first-order valence-corrected chi connectivity index (χ1v) is 17.7. The molecule has 8 heterocycles. The molecule has 0 aromatic rings. The summed E-state index contributed by atoms with van der Waals surface area (Å²) in [6, 6.07) is 0. The lowest BCUT2D eigenvalue weighted by molar-refractivity contribution is -0.571. The topological polar surface area (TPSA) is 95.4 Å². The zero-order valence-electron chi connectivity index (χ0n) is 27.9. The van der Waals surface area contributed by atoms with Gasteiger partial charge in [0.05, 0.1) is 11.8 Å². The first kappa shape index (κ1) is 31.2. The molecule has 10 rings (SSSR count). The highest BCUT2D eigenvalue weighted by atomic mass is 17.3. The van der Waals surface area contributed by atoms with Gasteiger partial charge in [-0.15, -0.1) is 0 Å². The molecule has 16 atom stereocenters. The summed E-state index contributed by atoms with van der Waals surface area (Å²) >= 11 is 0. The molecule has 0 aromatic carbocycles. The first-order chi connectivity index (χ1) is 21.5. The van der Waals surface area contributed by atoms with Gasteiger partial charge in [0.25, 0.3) is 0 Å². The minimum absolute atomic E-state index is 0.0999. The summed E-state index contributed by atoms with van der Waals surface area (Å²) in [6.07, 6.45) is 8.67. The smallest absolute Gasteiger partial charge is 0.201 e. The number of oxime groups is 1. The van der Waals surface area contributed by atoms with Gasteiger partial charge in [-0.25, -0.2) is 19.6 Å². The molecule has 0 radical (unpaired) electrons. The molecule has 0 amide bonds. The molecule has 4 bridgehead atoms. The predicted octanol–water partition coefficient (Wildman–Crippen LogP) is 6.44. The third-order valence-corrected chi connectivity index (χ3v) is 13.6. The summed E-state index contributed by atoms with van der Waals surface area (Å²) in [7, 11) is 0. The van der Waals surface area contributed by atoms with Crippen molar-refractivity contribution in [3.63, 3.8) is 0 Å². The van der Waals surface area contributed by atoms with Crippen LogP contribution in [0.2, 0.25) is 0 Å². The van der Waals surface area contributed by atoms with Crippen molar-refractivity contribution >= 4 is 5.71 Å². The van der Waals surface area contributed by atoms with Crippen LogP contribution in [0.25, 0.3) is 0 Å². The Kier molecular flexibility index (Phi) is 7.59. The molecule has 0 N–H and O–H groups in total. The Hall–Kier alpha value is -1.11.